The van der Waals surface area contributed by atoms with Gasteiger partial charge in [-0.2, -0.15) is 5.01 Å². The van der Waals surface area contributed by atoms with Gasteiger partial charge in [0.05, 0.1) is 21.9 Å². The van der Waals surface area contributed by atoms with Crippen LogP contribution < -0.4 is 0 Å². The lowest BCUT2D eigenvalue weighted by Crippen LogP contribution is -2.52. The number of hydrazine groups is 1. The third-order valence-electron chi connectivity index (χ3n) is 7.01. The van der Waals surface area contributed by atoms with E-state index < -0.39 is 41.9 Å². The molecule has 4 atom stereocenters. The van der Waals surface area contributed by atoms with Crippen LogP contribution in [0, 0.1) is 23.7 Å². The van der Waals surface area contributed by atoms with Gasteiger partial charge in [0.15, 0.2) is 5.78 Å². The number of fused-ring (bicyclic) bond motifs is 5. The molecule has 0 N–H and O–H groups in total. The first-order valence-corrected chi connectivity index (χ1v) is 11.8. The summed E-state index contributed by atoms with van der Waals surface area (Å²) in [6.07, 6.45) is 2.68. The minimum atomic E-state index is -0.676. The van der Waals surface area contributed by atoms with E-state index in [2.05, 4.69) is 0 Å². The number of hydrogen-bond acceptors (Lipinski definition) is 4. The van der Waals surface area contributed by atoms with Crippen molar-refractivity contribution in [2.24, 2.45) is 23.7 Å². The van der Waals surface area contributed by atoms with Gasteiger partial charge in [-0.05, 0) is 73.6 Å². The minimum Gasteiger partial charge on any atom is -0.292 e. The highest BCUT2D eigenvalue weighted by molar-refractivity contribution is 6.42. The van der Waals surface area contributed by atoms with Crippen molar-refractivity contribution in [1.82, 2.24) is 10.0 Å². The summed E-state index contributed by atoms with van der Waals surface area (Å²) in [6, 6.07) is 10.5. The number of carbonyl (C=O) groups is 4. The van der Waals surface area contributed by atoms with Crippen molar-refractivity contribution in [3.05, 3.63) is 68.7 Å². The van der Waals surface area contributed by atoms with Crippen LogP contribution in [0.3, 0.4) is 0 Å². The Morgan fingerprint density at radius 1 is 0.848 bits per heavy atom. The van der Waals surface area contributed by atoms with Crippen molar-refractivity contribution in [2.45, 2.75) is 19.3 Å². The lowest BCUT2D eigenvalue weighted by Gasteiger charge is -2.31. The van der Waals surface area contributed by atoms with Gasteiger partial charge in [-0.15, -0.1) is 0 Å². The molecule has 0 radical (unpaired) electrons. The lowest BCUT2D eigenvalue weighted by atomic mass is 9.81. The van der Waals surface area contributed by atoms with E-state index in [1.54, 1.807) is 12.1 Å². The van der Waals surface area contributed by atoms with E-state index in [0.717, 1.165) is 29.3 Å². The van der Waals surface area contributed by atoms with E-state index in [4.69, 9.17) is 34.8 Å². The number of imide groups is 1. The molecule has 9 heteroatoms. The van der Waals surface area contributed by atoms with E-state index >= 15 is 0 Å². The Balaban J connectivity index is 1.51. The molecule has 6 nitrogen and oxygen atoms in total. The number of benzene rings is 2. The zero-order valence-corrected chi connectivity index (χ0v) is 19.6. The molecule has 1 saturated heterocycles. The maximum atomic E-state index is 13.5. The second-order valence-electron chi connectivity index (χ2n) is 8.79. The fourth-order valence-corrected chi connectivity index (χ4v) is 5.93. The fourth-order valence-electron chi connectivity index (χ4n) is 5.51. The largest absolute Gasteiger partial charge is 0.292 e. The van der Waals surface area contributed by atoms with Gasteiger partial charge < -0.3 is 0 Å². The number of ketones is 1. The van der Waals surface area contributed by atoms with Crippen LogP contribution in [0.5, 0.6) is 0 Å². The Kier molecular flexibility index (Phi) is 5.71. The first-order valence-electron chi connectivity index (χ1n) is 10.7. The number of amides is 3. The second-order valence-corrected chi connectivity index (χ2v) is 10.0. The number of nitrogens with zero attached hydrogens (tertiary/aromatic N) is 2. The molecule has 170 valence electrons. The van der Waals surface area contributed by atoms with Crippen molar-refractivity contribution >= 4 is 58.3 Å². The summed E-state index contributed by atoms with van der Waals surface area (Å²) < 4.78 is 0. The SMILES string of the molecule is O=C(CN(C(=O)c1ccc(Cl)c(Cl)c1)N1C(=O)[C@@H]2[C@H]3CC[C@@H](C3)[C@@H]2C1=O)c1ccc(Cl)cc1. The van der Waals surface area contributed by atoms with Gasteiger partial charge in [-0.1, -0.05) is 34.8 Å². The fraction of sp³-hybridized carbons (Fsp3) is 0.333. The maximum Gasteiger partial charge on any atom is 0.273 e. The molecule has 2 bridgehead atoms. The predicted molar refractivity (Wildman–Crippen MR) is 123 cm³/mol. The summed E-state index contributed by atoms with van der Waals surface area (Å²) in [6.45, 7) is -0.479. The Labute approximate surface area is 205 Å². The first kappa shape index (κ1) is 22.4. The molecule has 1 aliphatic heterocycles. The molecular formula is C24H19Cl3N2O4. The number of carbonyl (C=O) groups excluding carboxylic acids is 4. The highest BCUT2D eigenvalue weighted by Crippen LogP contribution is 2.56. The molecule has 33 heavy (non-hydrogen) atoms. The summed E-state index contributed by atoms with van der Waals surface area (Å²) in [5, 5.41) is 2.73. The minimum absolute atomic E-state index is 0.119. The second kappa shape index (κ2) is 8.42. The highest BCUT2D eigenvalue weighted by atomic mass is 35.5. The van der Waals surface area contributed by atoms with Gasteiger partial charge in [0, 0.05) is 16.1 Å². The quantitative estimate of drug-likeness (QED) is 0.427. The third kappa shape index (κ3) is 3.74. The van der Waals surface area contributed by atoms with Gasteiger partial charge in [0.25, 0.3) is 17.7 Å². The molecule has 3 fully saturated rings. The standard InChI is InChI=1S/C24H19Cl3N2O4/c25-16-6-3-12(4-7-16)19(30)11-28(22(31)15-5-8-17(26)18(27)10-15)29-23(32)20-13-1-2-14(9-13)21(20)24(29)33/h3-8,10,13-14,20-21H,1-2,9,11H2/t13-,14-,20-,21+/m0/s1. The zero-order chi connectivity index (χ0) is 23.4. The van der Waals surface area contributed by atoms with Crippen molar-refractivity contribution in [3.8, 4) is 0 Å². The molecule has 2 aliphatic carbocycles. The van der Waals surface area contributed by atoms with Gasteiger partial charge in [0.2, 0.25) is 0 Å². The molecule has 3 amide bonds. The first-order chi connectivity index (χ1) is 15.8. The molecule has 2 aromatic rings. The Morgan fingerprint density at radius 2 is 1.42 bits per heavy atom. The van der Waals surface area contributed by atoms with Crippen LogP contribution in [0.25, 0.3) is 0 Å². The molecule has 3 aliphatic rings. The number of Topliss-reactive ketones (excluding diaryl/α,β-unsaturated/α-hetero) is 1. The lowest BCUT2D eigenvalue weighted by molar-refractivity contribution is -0.154. The van der Waals surface area contributed by atoms with Gasteiger partial charge in [-0.25, -0.2) is 5.01 Å². The van der Waals surface area contributed by atoms with Crippen molar-refractivity contribution < 1.29 is 19.2 Å². The van der Waals surface area contributed by atoms with Crippen LogP contribution in [-0.2, 0) is 9.59 Å². The third-order valence-corrected chi connectivity index (χ3v) is 8.00. The smallest absolute Gasteiger partial charge is 0.273 e. The number of halogens is 3. The van der Waals surface area contributed by atoms with Gasteiger partial charge in [0.1, 0.15) is 6.54 Å². The summed E-state index contributed by atoms with van der Waals surface area (Å²) in [5.74, 6) is -2.47. The summed E-state index contributed by atoms with van der Waals surface area (Å²) in [4.78, 5) is 53.3. The molecule has 2 aromatic carbocycles. The van der Waals surface area contributed by atoms with E-state index in [-0.39, 0.29) is 27.4 Å². The van der Waals surface area contributed by atoms with Crippen molar-refractivity contribution in [1.29, 1.82) is 0 Å². The summed E-state index contributed by atoms with van der Waals surface area (Å²) in [5.41, 5.74) is 0.430. The van der Waals surface area contributed by atoms with Crippen molar-refractivity contribution in [2.75, 3.05) is 6.54 Å². The molecule has 0 unspecified atom stereocenters. The molecule has 2 saturated carbocycles. The number of hydrogen-bond donors (Lipinski definition) is 0. The number of rotatable bonds is 5. The van der Waals surface area contributed by atoms with Crippen LogP contribution in [-0.4, -0.2) is 40.1 Å². The van der Waals surface area contributed by atoms with Gasteiger partial charge in [-0.3, -0.25) is 19.2 Å². The molecule has 0 spiro atoms. The topological polar surface area (TPSA) is 74.8 Å². The summed E-state index contributed by atoms with van der Waals surface area (Å²) >= 11 is 18.0. The van der Waals surface area contributed by atoms with Crippen LogP contribution in [0.4, 0.5) is 0 Å². The Bertz CT molecular complexity index is 1150. The average molecular weight is 506 g/mol. The zero-order valence-electron chi connectivity index (χ0n) is 17.3. The molecule has 1 heterocycles. The van der Waals surface area contributed by atoms with Crippen LogP contribution in [0.2, 0.25) is 15.1 Å². The Morgan fingerprint density at radius 3 is 2.00 bits per heavy atom. The normalized spacial score (nSPS) is 25.5. The predicted octanol–water partition coefficient (Wildman–Crippen LogP) is 4.92. The monoisotopic (exact) mass is 504 g/mol. The van der Waals surface area contributed by atoms with E-state index in [1.807, 2.05) is 0 Å². The van der Waals surface area contributed by atoms with Crippen LogP contribution in [0.15, 0.2) is 42.5 Å². The van der Waals surface area contributed by atoms with E-state index in [1.165, 1.54) is 30.3 Å². The summed E-state index contributed by atoms with van der Waals surface area (Å²) in [7, 11) is 0. The highest BCUT2D eigenvalue weighted by Gasteiger charge is 2.62. The maximum absolute atomic E-state index is 13.5. The molecular weight excluding hydrogens is 487 g/mol. The average Bonchev–Trinajstić information content (AvgIpc) is 3.48. The van der Waals surface area contributed by atoms with Crippen LogP contribution in [0.1, 0.15) is 40.0 Å². The van der Waals surface area contributed by atoms with Gasteiger partial charge >= 0.3 is 0 Å². The van der Waals surface area contributed by atoms with E-state index in [0.29, 0.717) is 10.6 Å². The molecule has 0 aromatic heterocycles. The molecule has 5 rings (SSSR count). The van der Waals surface area contributed by atoms with Crippen molar-refractivity contribution in [3.63, 3.8) is 0 Å². The van der Waals surface area contributed by atoms with E-state index in [9.17, 15) is 19.2 Å². The van der Waals surface area contributed by atoms with Crippen LogP contribution >= 0.6 is 34.8 Å². The Hall–Kier alpha value is -2.41.